The van der Waals surface area contributed by atoms with Gasteiger partial charge in [-0.15, -0.1) is 5.10 Å². The molecule has 1 aliphatic heterocycles. The van der Waals surface area contributed by atoms with Crippen LogP contribution in [-0.2, 0) is 0 Å². The second-order valence-corrected chi connectivity index (χ2v) is 4.39. The Morgan fingerprint density at radius 3 is 2.60 bits per heavy atom. The number of piperazine rings is 1. The minimum Gasteiger partial charge on any atom is -0.382 e. The molecule has 0 bridgehead atoms. The number of nitrogen functional groups attached to an aromatic ring is 1. The molecule has 3 rings (SSSR count). The van der Waals surface area contributed by atoms with Gasteiger partial charge in [0.1, 0.15) is 11.6 Å². The van der Waals surface area contributed by atoms with E-state index >= 15 is 0 Å². The maximum Gasteiger partial charge on any atom is 0.252 e. The summed E-state index contributed by atoms with van der Waals surface area (Å²) < 4.78 is 1.41. The maximum absolute atomic E-state index is 9.32. The normalized spacial score (nSPS) is 15.1. The van der Waals surface area contributed by atoms with E-state index in [0.717, 1.165) is 26.2 Å². The molecule has 1 aliphatic rings. The van der Waals surface area contributed by atoms with Gasteiger partial charge in [-0.2, -0.15) is 9.94 Å². The highest BCUT2D eigenvalue weighted by Gasteiger charge is 2.23. The predicted molar refractivity (Wildman–Crippen MR) is 73.4 cm³/mol. The first-order chi connectivity index (χ1) is 9.81. The molecule has 8 heteroatoms. The summed E-state index contributed by atoms with van der Waals surface area (Å²) in [6.45, 7) is 3.31. The largest absolute Gasteiger partial charge is 0.382 e. The van der Waals surface area contributed by atoms with Crippen LogP contribution in [0.3, 0.4) is 0 Å². The second kappa shape index (κ2) is 5.14. The van der Waals surface area contributed by atoms with Gasteiger partial charge in [-0.1, -0.05) is 0 Å². The third-order valence-corrected chi connectivity index (χ3v) is 3.17. The standard InChI is InChI=1S/C12H14N8/c13-8-9-10(14)20(12-16-2-1-3-17-12)18-11(9)19-6-4-15-5-7-19/h1-3,15H,4-7,14H2. The van der Waals surface area contributed by atoms with Gasteiger partial charge >= 0.3 is 0 Å². The molecule has 0 unspecified atom stereocenters. The van der Waals surface area contributed by atoms with Crippen molar-refractivity contribution in [1.29, 1.82) is 5.26 Å². The molecule has 8 nitrogen and oxygen atoms in total. The first-order valence-corrected chi connectivity index (χ1v) is 6.33. The van der Waals surface area contributed by atoms with Crippen LogP contribution in [0.15, 0.2) is 18.5 Å². The molecule has 0 aliphatic carbocycles. The monoisotopic (exact) mass is 270 g/mol. The highest BCUT2D eigenvalue weighted by atomic mass is 15.4. The summed E-state index contributed by atoms with van der Waals surface area (Å²) in [6.07, 6.45) is 3.22. The fourth-order valence-electron chi connectivity index (χ4n) is 2.18. The van der Waals surface area contributed by atoms with Crippen LogP contribution in [0.1, 0.15) is 5.56 Å². The lowest BCUT2D eigenvalue weighted by Crippen LogP contribution is -2.44. The molecule has 102 valence electrons. The van der Waals surface area contributed by atoms with E-state index in [2.05, 4.69) is 26.5 Å². The second-order valence-electron chi connectivity index (χ2n) is 4.39. The van der Waals surface area contributed by atoms with Gasteiger partial charge in [0.05, 0.1) is 0 Å². The molecule has 1 fully saturated rings. The van der Waals surface area contributed by atoms with E-state index in [4.69, 9.17) is 5.73 Å². The van der Waals surface area contributed by atoms with Gasteiger partial charge in [0.15, 0.2) is 11.6 Å². The summed E-state index contributed by atoms with van der Waals surface area (Å²) in [5.74, 6) is 1.23. The zero-order valence-corrected chi connectivity index (χ0v) is 10.8. The van der Waals surface area contributed by atoms with Crippen LogP contribution in [0.2, 0.25) is 0 Å². The fraction of sp³-hybridized carbons (Fsp3) is 0.333. The number of nitrogens with one attached hydrogen (secondary N) is 1. The Bertz CT molecular complexity index is 635. The van der Waals surface area contributed by atoms with Crippen LogP contribution in [0, 0.1) is 11.3 Å². The van der Waals surface area contributed by atoms with Gasteiger partial charge in [0, 0.05) is 38.6 Å². The summed E-state index contributed by atoms with van der Waals surface area (Å²) in [4.78, 5) is 10.3. The Hall–Kier alpha value is -2.66. The van der Waals surface area contributed by atoms with Crippen LogP contribution in [0.5, 0.6) is 0 Å². The lowest BCUT2D eigenvalue weighted by molar-refractivity contribution is 0.582. The third-order valence-electron chi connectivity index (χ3n) is 3.17. The van der Waals surface area contributed by atoms with Gasteiger partial charge in [-0.25, -0.2) is 9.97 Å². The van der Waals surface area contributed by atoms with E-state index in [1.807, 2.05) is 4.90 Å². The summed E-state index contributed by atoms with van der Waals surface area (Å²) in [5, 5.41) is 17.0. The Labute approximate surface area is 115 Å². The summed E-state index contributed by atoms with van der Waals surface area (Å²) in [5.41, 5.74) is 6.38. The first-order valence-electron chi connectivity index (χ1n) is 6.33. The summed E-state index contributed by atoms with van der Waals surface area (Å²) in [7, 11) is 0. The number of aromatic nitrogens is 4. The smallest absolute Gasteiger partial charge is 0.252 e. The van der Waals surface area contributed by atoms with Crippen LogP contribution in [0.4, 0.5) is 11.6 Å². The highest BCUT2D eigenvalue weighted by molar-refractivity contribution is 5.66. The molecule has 20 heavy (non-hydrogen) atoms. The molecule has 1 saturated heterocycles. The van der Waals surface area contributed by atoms with Crippen molar-refractivity contribution >= 4 is 11.6 Å². The van der Waals surface area contributed by atoms with Gasteiger partial charge in [-0.3, -0.25) is 0 Å². The molecule has 0 radical (unpaired) electrons. The molecule has 0 aromatic carbocycles. The topological polar surface area (TPSA) is 109 Å². The van der Waals surface area contributed by atoms with Crippen molar-refractivity contribution in [1.82, 2.24) is 25.1 Å². The van der Waals surface area contributed by atoms with Crippen molar-refractivity contribution in [3.05, 3.63) is 24.0 Å². The summed E-state index contributed by atoms with van der Waals surface area (Å²) >= 11 is 0. The number of hydrogen-bond acceptors (Lipinski definition) is 7. The van der Waals surface area contributed by atoms with Crippen molar-refractivity contribution in [2.75, 3.05) is 36.8 Å². The average molecular weight is 270 g/mol. The Morgan fingerprint density at radius 2 is 1.95 bits per heavy atom. The number of nitrogens with two attached hydrogens (primary N) is 1. The lowest BCUT2D eigenvalue weighted by atomic mass is 10.3. The SMILES string of the molecule is N#Cc1c(N2CCNCC2)nn(-c2ncccn2)c1N. The molecule has 0 spiro atoms. The lowest BCUT2D eigenvalue weighted by Gasteiger charge is -2.27. The Kier molecular flexibility index (Phi) is 3.18. The van der Waals surface area contributed by atoms with E-state index in [1.165, 1.54) is 4.68 Å². The van der Waals surface area contributed by atoms with Crippen molar-refractivity contribution < 1.29 is 0 Å². The number of nitrogens with zero attached hydrogens (tertiary/aromatic N) is 6. The molecule has 3 N–H and O–H groups in total. The van der Waals surface area contributed by atoms with Gasteiger partial charge in [0.25, 0.3) is 5.95 Å². The van der Waals surface area contributed by atoms with Crippen molar-refractivity contribution in [2.24, 2.45) is 0 Å². The first kappa shape index (κ1) is 12.4. The van der Waals surface area contributed by atoms with E-state index in [0.29, 0.717) is 17.3 Å². The maximum atomic E-state index is 9.32. The molecular weight excluding hydrogens is 256 g/mol. The molecule has 0 saturated carbocycles. The molecule has 0 amide bonds. The third kappa shape index (κ3) is 2.04. The molecule has 0 atom stereocenters. The fourth-order valence-corrected chi connectivity index (χ4v) is 2.18. The highest BCUT2D eigenvalue weighted by Crippen LogP contribution is 2.26. The number of anilines is 2. The van der Waals surface area contributed by atoms with E-state index in [-0.39, 0.29) is 5.82 Å². The van der Waals surface area contributed by atoms with E-state index in [9.17, 15) is 5.26 Å². The van der Waals surface area contributed by atoms with Crippen molar-refractivity contribution in [2.45, 2.75) is 0 Å². The minimum absolute atomic E-state index is 0.271. The van der Waals surface area contributed by atoms with Gasteiger partial charge < -0.3 is 16.0 Å². The van der Waals surface area contributed by atoms with Crippen molar-refractivity contribution in [3.8, 4) is 12.0 Å². The molecular formula is C12H14N8. The average Bonchev–Trinajstić information content (AvgIpc) is 2.86. The van der Waals surface area contributed by atoms with Gasteiger partial charge in [-0.05, 0) is 6.07 Å². The van der Waals surface area contributed by atoms with E-state index < -0.39 is 0 Å². The Balaban J connectivity index is 2.05. The van der Waals surface area contributed by atoms with Gasteiger partial charge in [0.2, 0.25) is 0 Å². The number of hydrogen-bond donors (Lipinski definition) is 2. The molecule has 3 heterocycles. The van der Waals surface area contributed by atoms with Crippen molar-refractivity contribution in [3.63, 3.8) is 0 Å². The number of rotatable bonds is 2. The van der Waals surface area contributed by atoms with E-state index in [1.54, 1.807) is 18.5 Å². The van der Waals surface area contributed by atoms with Crippen LogP contribution >= 0.6 is 0 Å². The number of nitriles is 1. The van der Waals surface area contributed by atoms with Crippen LogP contribution in [0.25, 0.3) is 5.95 Å². The molecule has 2 aromatic heterocycles. The zero-order valence-electron chi connectivity index (χ0n) is 10.8. The molecule has 2 aromatic rings. The zero-order chi connectivity index (χ0) is 13.9. The van der Waals surface area contributed by atoms with Crippen LogP contribution in [-0.4, -0.2) is 45.9 Å². The predicted octanol–water partition coefficient (Wildman–Crippen LogP) is -0.474. The quantitative estimate of drug-likeness (QED) is 0.759. The minimum atomic E-state index is 0.271. The van der Waals surface area contributed by atoms with Crippen LogP contribution < -0.4 is 16.0 Å². The summed E-state index contributed by atoms with van der Waals surface area (Å²) in [6, 6.07) is 3.84. The Morgan fingerprint density at radius 1 is 1.25 bits per heavy atom.